The molecule has 0 spiro atoms. The number of carbonyl (C=O) groups excluding carboxylic acids is 1. The quantitative estimate of drug-likeness (QED) is 0.839. The highest BCUT2D eigenvalue weighted by Crippen LogP contribution is 2.23. The Morgan fingerprint density at radius 3 is 2.59 bits per heavy atom. The first kappa shape index (κ1) is 11.3. The predicted octanol–water partition coefficient (Wildman–Crippen LogP) is 3.25. The number of carbonyl (C=O) groups is 1. The van der Waals surface area contributed by atoms with Crippen LogP contribution in [0.5, 0.6) is 0 Å². The van der Waals surface area contributed by atoms with Gasteiger partial charge in [-0.05, 0) is 23.8 Å². The summed E-state index contributed by atoms with van der Waals surface area (Å²) in [6.07, 6.45) is 0. The highest BCUT2D eigenvalue weighted by Gasteiger charge is 2.04. The summed E-state index contributed by atoms with van der Waals surface area (Å²) in [6, 6.07) is 14.5. The van der Waals surface area contributed by atoms with Crippen LogP contribution in [0.2, 0.25) is 0 Å². The Balaban J connectivity index is 2.30. The average molecular weight is 228 g/mol. The van der Waals surface area contributed by atoms with Crippen molar-refractivity contribution in [3.8, 4) is 11.1 Å². The molecule has 0 aliphatic rings. The molecule has 1 amide bonds. The summed E-state index contributed by atoms with van der Waals surface area (Å²) in [6.45, 7) is 1.43. The fourth-order valence-electron chi connectivity index (χ4n) is 1.56. The molecule has 0 fully saturated rings. The monoisotopic (exact) mass is 228 g/mol. The first-order valence-corrected chi connectivity index (χ1v) is 5.21. The number of anilines is 1. The maximum Gasteiger partial charge on any atom is 0.221 e. The Morgan fingerprint density at radius 1 is 1.24 bits per heavy atom. The van der Waals surface area contributed by atoms with E-state index in [4.69, 9.17) is 0 Å². The van der Waals surface area contributed by atoms with Gasteiger partial charge in [0, 0.05) is 24.2 Å². The van der Waals surface area contributed by atoms with Gasteiger partial charge in [-0.3, -0.25) is 4.79 Å². The molecular weight excluding hydrogens is 217 g/mol. The maximum atomic E-state index is 13.5. The van der Waals surface area contributed by atoms with E-state index in [9.17, 15) is 9.18 Å². The van der Waals surface area contributed by atoms with E-state index in [0.29, 0.717) is 11.3 Å². The van der Waals surface area contributed by atoms with E-state index in [0.717, 1.165) is 5.56 Å². The molecular formula is C14H11FNO. The zero-order chi connectivity index (χ0) is 12.3. The minimum atomic E-state index is -0.270. The number of halogens is 1. The van der Waals surface area contributed by atoms with Crippen LogP contribution in [0, 0.1) is 11.9 Å². The molecule has 2 aromatic carbocycles. The minimum absolute atomic E-state index is 0.153. The van der Waals surface area contributed by atoms with Crippen LogP contribution in [-0.4, -0.2) is 5.91 Å². The molecule has 0 unspecified atom stereocenters. The lowest BCUT2D eigenvalue weighted by molar-refractivity contribution is -0.114. The third-order valence-electron chi connectivity index (χ3n) is 2.31. The third kappa shape index (κ3) is 2.69. The van der Waals surface area contributed by atoms with Crippen molar-refractivity contribution in [2.75, 3.05) is 5.32 Å². The molecule has 1 N–H and O–H groups in total. The van der Waals surface area contributed by atoms with Gasteiger partial charge in [-0.25, -0.2) is 4.39 Å². The summed E-state index contributed by atoms with van der Waals surface area (Å²) in [5.74, 6) is -0.423. The molecule has 2 aromatic rings. The van der Waals surface area contributed by atoms with Crippen LogP contribution < -0.4 is 5.32 Å². The lowest BCUT2D eigenvalue weighted by atomic mass is 10.0. The van der Waals surface area contributed by atoms with E-state index >= 15 is 0 Å². The Labute approximate surface area is 99.1 Å². The first-order chi connectivity index (χ1) is 8.16. The molecule has 0 saturated carbocycles. The molecule has 0 bridgehead atoms. The first-order valence-electron chi connectivity index (χ1n) is 5.21. The van der Waals surface area contributed by atoms with Crippen molar-refractivity contribution in [2.45, 2.75) is 6.92 Å². The van der Waals surface area contributed by atoms with E-state index in [2.05, 4.69) is 11.4 Å². The molecule has 0 atom stereocenters. The molecule has 0 heterocycles. The number of hydrogen-bond donors (Lipinski definition) is 1. The topological polar surface area (TPSA) is 29.1 Å². The van der Waals surface area contributed by atoms with E-state index < -0.39 is 0 Å². The van der Waals surface area contributed by atoms with Crippen LogP contribution in [0.25, 0.3) is 11.1 Å². The smallest absolute Gasteiger partial charge is 0.221 e. The van der Waals surface area contributed by atoms with E-state index in [1.807, 2.05) is 0 Å². The fourth-order valence-corrected chi connectivity index (χ4v) is 1.56. The van der Waals surface area contributed by atoms with Gasteiger partial charge in [0.05, 0.1) is 0 Å². The molecule has 0 aliphatic carbocycles. The van der Waals surface area contributed by atoms with Crippen LogP contribution in [0.15, 0.2) is 42.5 Å². The minimum Gasteiger partial charge on any atom is -0.326 e. The third-order valence-corrected chi connectivity index (χ3v) is 2.31. The number of benzene rings is 2. The predicted molar refractivity (Wildman–Crippen MR) is 65.0 cm³/mol. The van der Waals surface area contributed by atoms with Gasteiger partial charge in [-0.2, -0.15) is 0 Å². The summed E-state index contributed by atoms with van der Waals surface area (Å²) >= 11 is 0. The van der Waals surface area contributed by atoms with Gasteiger partial charge in [-0.15, -0.1) is 0 Å². The lowest BCUT2D eigenvalue weighted by Crippen LogP contribution is -2.05. The second-order valence-corrected chi connectivity index (χ2v) is 3.65. The zero-order valence-corrected chi connectivity index (χ0v) is 9.33. The second kappa shape index (κ2) is 4.78. The van der Waals surface area contributed by atoms with Crippen molar-refractivity contribution in [3.05, 3.63) is 54.3 Å². The Kier molecular flexibility index (Phi) is 3.19. The highest BCUT2D eigenvalue weighted by atomic mass is 19.1. The van der Waals surface area contributed by atoms with Gasteiger partial charge in [0.25, 0.3) is 0 Å². The molecule has 0 aliphatic heterocycles. The summed E-state index contributed by atoms with van der Waals surface area (Å²) in [7, 11) is 0. The fraction of sp³-hybridized carbons (Fsp3) is 0.0714. The molecule has 17 heavy (non-hydrogen) atoms. The number of nitrogens with one attached hydrogen (secondary N) is 1. The molecule has 0 aromatic heterocycles. The lowest BCUT2D eigenvalue weighted by Gasteiger charge is -2.05. The van der Waals surface area contributed by atoms with Crippen LogP contribution >= 0.6 is 0 Å². The summed E-state index contributed by atoms with van der Waals surface area (Å²) in [5, 5.41) is 2.61. The van der Waals surface area contributed by atoms with Crippen molar-refractivity contribution in [3.63, 3.8) is 0 Å². The largest absolute Gasteiger partial charge is 0.326 e. The van der Waals surface area contributed by atoms with Crippen molar-refractivity contribution in [1.82, 2.24) is 0 Å². The highest BCUT2D eigenvalue weighted by molar-refractivity contribution is 5.88. The van der Waals surface area contributed by atoms with Crippen molar-refractivity contribution >= 4 is 11.6 Å². The molecule has 85 valence electrons. The van der Waals surface area contributed by atoms with Gasteiger partial charge in [-0.1, -0.05) is 24.3 Å². The number of amides is 1. The summed E-state index contributed by atoms with van der Waals surface area (Å²) in [4.78, 5) is 10.8. The average Bonchev–Trinajstić information content (AvgIpc) is 2.30. The van der Waals surface area contributed by atoms with Crippen LogP contribution in [0.3, 0.4) is 0 Å². The van der Waals surface area contributed by atoms with Crippen molar-refractivity contribution in [2.24, 2.45) is 0 Å². The van der Waals surface area contributed by atoms with Gasteiger partial charge in [0.2, 0.25) is 5.91 Å². The van der Waals surface area contributed by atoms with Crippen LogP contribution in [-0.2, 0) is 4.79 Å². The molecule has 2 rings (SSSR count). The normalized spacial score (nSPS) is 10.0. The Morgan fingerprint density at radius 2 is 2.00 bits per heavy atom. The zero-order valence-electron chi connectivity index (χ0n) is 9.33. The van der Waals surface area contributed by atoms with Crippen LogP contribution in [0.4, 0.5) is 10.1 Å². The van der Waals surface area contributed by atoms with Crippen molar-refractivity contribution in [1.29, 1.82) is 0 Å². The Bertz CT molecular complexity index is 534. The summed E-state index contributed by atoms with van der Waals surface area (Å²) in [5.41, 5.74) is 1.84. The maximum absolute atomic E-state index is 13.5. The van der Waals surface area contributed by atoms with Gasteiger partial charge >= 0.3 is 0 Å². The molecule has 3 heteroatoms. The van der Waals surface area contributed by atoms with E-state index in [-0.39, 0.29) is 11.7 Å². The Hall–Kier alpha value is -2.16. The van der Waals surface area contributed by atoms with Crippen molar-refractivity contribution < 1.29 is 9.18 Å². The molecule has 2 nitrogen and oxygen atoms in total. The number of hydrogen-bond acceptors (Lipinski definition) is 1. The van der Waals surface area contributed by atoms with Crippen LogP contribution in [0.1, 0.15) is 6.92 Å². The van der Waals surface area contributed by atoms with Gasteiger partial charge in [0.1, 0.15) is 5.82 Å². The number of rotatable bonds is 2. The SMILES string of the molecule is CC(=O)Nc1[c]cc(-c2ccccc2F)cc1. The van der Waals surface area contributed by atoms with Gasteiger partial charge in [0.15, 0.2) is 0 Å². The molecule has 1 radical (unpaired) electrons. The molecule has 0 saturated heterocycles. The van der Waals surface area contributed by atoms with E-state index in [1.165, 1.54) is 13.0 Å². The van der Waals surface area contributed by atoms with Gasteiger partial charge < -0.3 is 5.32 Å². The van der Waals surface area contributed by atoms with E-state index in [1.54, 1.807) is 36.4 Å². The summed E-state index contributed by atoms with van der Waals surface area (Å²) < 4.78 is 13.5. The second-order valence-electron chi connectivity index (χ2n) is 3.65. The standard InChI is InChI=1S/C14H11FNO/c1-10(17)16-12-8-6-11(7-9-12)13-4-2-3-5-14(13)15/h2-8H,1H3,(H,16,17).